The first-order chi connectivity index (χ1) is 15.6. The first-order valence-corrected chi connectivity index (χ1v) is 10.5. The summed E-state index contributed by atoms with van der Waals surface area (Å²) in [6.45, 7) is 1.88. The zero-order valence-corrected chi connectivity index (χ0v) is 18.1. The molecule has 0 fully saturated rings. The zero-order valence-electron chi connectivity index (χ0n) is 17.3. The monoisotopic (exact) mass is 449 g/mol. The number of nitrogens with one attached hydrogen (secondary N) is 1. The summed E-state index contributed by atoms with van der Waals surface area (Å²) in [6, 6.07) is 9.42. The fourth-order valence-electron chi connectivity index (χ4n) is 3.83. The van der Waals surface area contributed by atoms with E-state index in [0.29, 0.717) is 47.2 Å². The van der Waals surface area contributed by atoms with Crippen molar-refractivity contribution in [3.8, 4) is 28.5 Å². The van der Waals surface area contributed by atoms with Gasteiger partial charge in [-0.3, -0.25) is 9.69 Å². The van der Waals surface area contributed by atoms with Gasteiger partial charge in [0.25, 0.3) is 5.56 Å². The molecule has 0 aliphatic carbocycles. The second-order valence-electron chi connectivity index (χ2n) is 7.54. The second kappa shape index (κ2) is 8.57. The van der Waals surface area contributed by atoms with Gasteiger partial charge in [0.15, 0.2) is 0 Å². The van der Waals surface area contributed by atoms with E-state index >= 15 is 0 Å². The van der Waals surface area contributed by atoms with Gasteiger partial charge in [-0.05, 0) is 30.3 Å². The highest BCUT2D eigenvalue weighted by Gasteiger charge is 2.22. The maximum atomic E-state index is 12.7. The topological polar surface area (TPSA) is 97.1 Å². The van der Waals surface area contributed by atoms with E-state index in [1.54, 1.807) is 19.5 Å². The van der Waals surface area contributed by atoms with Crippen LogP contribution in [0.4, 0.5) is 0 Å². The fourth-order valence-corrected chi connectivity index (χ4v) is 4.09. The van der Waals surface area contributed by atoms with E-state index < -0.39 is 0 Å². The molecule has 0 amide bonds. The fraction of sp³-hybridized carbons (Fsp3) is 0.217. The molecule has 162 valence electrons. The van der Waals surface area contributed by atoms with Crippen molar-refractivity contribution in [2.24, 2.45) is 0 Å². The summed E-state index contributed by atoms with van der Waals surface area (Å²) in [7, 11) is 1.58. The van der Waals surface area contributed by atoms with Crippen molar-refractivity contribution in [2.45, 2.75) is 19.5 Å². The molecule has 3 aromatic heterocycles. The molecule has 0 saturated heterocycles. The number of H-pyrrole nitrogens is 1. The number of rotatable bonds is 5. The van der Waals surface area contributed by atoms with Crippen molar-refractivity contribution < 1.29 is 9.15 Å². The molecule has 1 aliphatic rings. The van der Waals surface area contributed by atoms with Gasteiger partial charge in [-0.1, -0.05) is 11.6 Å². The quantitative estimate of drug-likeness (QED) is 0.496. The van der Waals surface area contributed by atoms with Crippen molar-refractivity contribution in [3.63, 3.8) is 0 Å². The van der Waals surface area contributed by atoms with Gasteiger partial charge in [0, 0.05) is 37.5 Å². The Kier molecular flexibility index (Phi) is 5.46. The number of nitrogens with zero attached hydrogens (tertiary/aromatic N) is 4. The van der Waals surface area contributed by atoms with Crippen LogP contribution in [0.5, 0.6) is 5.75 Å². The maximum Gasteiger partial charge on any atom is 0.255 e. The summed E-state index contributed by atoms with van der Waals surface area (Å²) in [5.41, 5.74) is 2.94. The Morgan fingerprint density at radius 2 is 2.03 bits per heavy atom. The number of halogens is 1. The highest BCUT2D eigenvalue weighted by Crippen LogP contribution is 2.31. The van der Waals surface area contributed by atoms with Gasteiger partial charge in [0.05, 0.1) is 35.5 Å². The number of fused-ring (bicyclic) bond motifs is 1. The van der Waals surface area contributed by atoms with Crippen molar-refractivity contribution in [1.82, 2.24) is 24.8 Å². The summed E-state index contributed by atoms with van der Waals surface area (Å²) in [5, 5.41) is 0.531. The number of ether oxygens (including phenoxy) is 1. The lowest BCUT2D eigenvalue weighted by atomic mass is 10.1. The summed E-state index contributed by atoms with van der Waals surface area (Å²) in [6.07, 6.45) is 5.40. The van der Waals surface area contributed by atoms with Gasteiger partial charge in [0.1, 0.15) is 29.4 Å². The molecular weight excluding hydrogens is 430 g/mol. The Balaban J connectivity index is 1.32. The Hall–Kier alpha value is -3.49. The number of aromatic amines is 1. The summed E-state index contributed by atoms with van der Waals surface area (Å²) in [5.74, 6) is 2.67. The maximum absolute atomic E-state index is 12.7. The highest BCUT2D eigenvalue weighted by atomic mass is 35.5. The molecule has 1 aliphatic heterocycles. The minimum Gasteiger partial charge on any atom is -0.495 e. The van der Waals surface area contributed by atoms with Crippen LogP contribution in [0.3, 0.4) is 0 Å². The smallest absolute Gasteiger partial charge is 0.255 e. The third kappa shape index (κ3) is 4.02. The van der Waals surface area contributed by atoms with E-state index in [1.165, 1.54) is 6.33 Å². The van der Waals surface area contributed by atoms with Crippen molar-refractivity contribution in [3.05, 3.63) is 81.4 Å². The zero-order chi connectivity index (χ0) is 22.1. The minimum atomic E-state index is -0.133. The predicted molar refractivity (Wildman–Crippen MR) is 119 cm³/mol. The molecule has 1 N–H and O–H groups in total. The molecule has 0 saturated carbocycles. The summed E-state index contributed by atoms with van der Waals surface area (Å²) < 4.78 is 11.2. The lowest BCUT2D eigenvalue weighted by molar-refractivity contribution is 0.223. The van der Waals surface area contributed by atoms with Crippen LogP contribution in [0.25, 0.3) is 22.7 Å². The molecule has 0 radical (unpaired) electrons. The minimum absolute atomic E-state index is 0.133. The molecule has 0 bridgehead atoms. The molecular formula is C23H20ClN5O3. The van der Waals surface area contributed by atoms with Gasteiger partial charge in [-0.25, -0.2) is 15.0 Å². The molecule has 5 rings (SSSR count). The van der Waals surface area contributed by atoms with E-state index in [-0.39, 0.29) is 5.56 Å². The molecule has 1 aromatic carbocycles. The highest BCUT2D eigenvalue weighted by molar-refractivity contribution is 6.32. The molecule has 0 atom stereocenters. The van der Waals surface area contributed by atoms with Crippen LogP contribution >= 0.6 is 11.6 Å². The van der Waals surface area contributed by atoms with Crippen molar-refractivity contribution in [1.29, 1.82) is 0 Å². The second-order valence-corrected chi connectivity index (χ2v) is 7.95. The first-order valence-electron chi connectivity index (χ1n) is 10.1. The Morgan fingerprint density at radius 3 is 2.81 bits per heavy atom. The number of hydrogen-bond acceptors (Lipinski definition) is 7. The Labute approximate surface area is 188 Å². The Bertz CT molecular complexity index is 1320. The normalized spacial score (nSPS) is 13.7. The number of aromatic nitrogens is 4. The van der Waals surface area contributed by atoms with Crippen molar-refractivity contribution in [2.75, 3.05) is 13.7 Å². The van der Waals surface area contributed by atoms with Gasteiger partial charge < -0.3 is 14.1 Å². The van der Waals surface area contributed by atoms with E-state index in [2.05, 4.69) is 24.8 Å². The summed E-state index contributed by atoms with van der Waals surface area (Å²) >= 11 is 6.23. The molecule has 4 aromatic rings. The van der Waals surface area contributed by atoms with E-state index in [4.69, 9.17) is 20.8 Å². The Morgan fingerprint density at radius 1 is 1.19 bits per heavy atom. The van der Waals surface area contributed by atoms with E-state index in [0.717, 1.165) is 29.3 Å². The van der Waals surface area contributed by atoms with Crippen LogP contribution in [0.2, 0.25) is 5.02 Å². The SMILES string of the molecule is COc1ccc(-c2ccc(CN3CCc4nc(-c5cncnc5)[nH]c(=O)c4C3)o2)cc1Cl. The van der Waals surface area contributed by atoms with Gasteiger partial charge in [-0.15, -0.1) is 0 Å². The molecule has 0 unspecified atom stereocenters. The lowest BCUT2D eigenvalue weighted by Gasteiger charge is -2.26. The molecule has 0 spiro atoms. The average Bonchev–Trinajstić information content (AvgIpc) is 3.28. The predicted octanol–water partition coefficient (Wildman–Crippen LogP) is 3.71. The third-order valence-corrected chi connectivity index (χ3v) is 5.75. The molecule has 9 heteroatoms. The van der Waals surface area contributed by atoms with Crippen LogP contribution in [0.15, 0.2) is 58.3 Å². The number of methoxy groups -OCH3 is 1. The lowest BCUT2D eigenvalue weighted by Crippen LogP contribution is -2.35. The third-order valence-electron chi connectivity index (χ3n) is 5.46. The van der Waals surface area contributed by atoms with Crippen LogP contribution in [-0.4, -0.2) is 38.5 Å². The van der Waals surface area contributed by atoms with Crippen LogP contribution < -0.4 is 10.3 Å². The van der Waals surface area contributed by atoms with Gasteiger partial charge >= 0.3 is 0 Å². The average molecular weight is 450 g/mol. The van der Waals surface area contributed by atoms with E-state index in [1.807, 2.05) is 30.3 Å². The standard InChI is InChI=1S/C23H20ClN5O3/c1-31-21-4-2-14(8-18(21)24)20-5-3-16(32-20)11-29-7-6-19-17(12-29)23(30)28-22(27-19)15-9-25-13-26-10-15/h2-5,8-10,13H,6-7,11-12H2,1H3,(H,27,28,30). The summed E-state index contributed by atoms with van der Waals surface area (Å²) in [4.78, 5) is 30.4. The largest absolute Gasteiger partial charge is 0.495 e. The molecule has 8 nitrogen and oxygen atoms in total. The van der Waals surface area contributed by atoms with Crippen molar-refractivity contribution >= 4 is 11.6 Å². The van der Waals surface area contributed by atoms with Crippen LogP contribution in [0.1, 0.15) is 17.0 Å². The van der Waals surface area contributed by atoms with E-state index in [9.17, 15) is 4.79 Å². The first kappa shape index (κ1) is 20.4. The van der Waals surface area contributed by atoms with Crippen LogP contribution in [-0.2, 0) is 19.5 Å². The number of hydrogen-bond donors (Lipinski definition) is 1. The van der Waals surface area contributed by atoms with Gasteiger partial charge in [0.2, 0.25) is 0 Å². The number of benzene rings is 1. The van der Waals surface area contributed by atoms with Gasteiger partial charge in [-0.2, -0.15) is 0 Å². The molecule has 4 heterocycles. The number of furan rings is 1. The van der Waals surface area contributed by atoms with Crippen LogP contribution in [0, 0.1) is 0 Å². The molecule has 32 heavy (non-hydrogen) atoms.